The summed E-state index contributed by atoms with van der Waals surface area (Å²) in [6.07, 6.45) is 3.80. The van der Waals surface area contributed by atoms with Crippen LogP contribution in [0, 0.1) is 5.92 Å². The molecule has 1 unspecified atom stereocenters. The third kappa shape index (κ3) is 5.37. The first-order chi connectivity index (χ1) is 12.7. The van der Waals surface area contributed by atoms with Crippen molar-refractivity contribution >= 4 is 47.1 Å². The van der Waals surface area contributed by atoms with Crippen LogP contribution in [-0.4, -0.2) is 52.0 Å². The second-order valence-corrected chi connectivity index (χ2v) is 7.06. The third-order valence-corrected chi connectivity index (χ3v) is 5.29. The van der Waals surface area contributed by atoms with Gasteiger partial charge in [0.1, 0.15) is 16.8 Å². The van der Waals surface area contributed by atoms with E-state index in [2.05, 4.69) is 5.32 Å². The molecule has 1 aromatic rings. The van der Waals surface area contributed by atoms with E-state index >= 15 is 0 Å². The number of nitrogens with zero attached hydrogens (tertiary/aromatic N) is 1. The lowest BCUT2D eigenvalue weighted by Gasteiger charge is -2.31. The second kappa shape index (κ2) is 9.10. The fourth-order valence-electron chi connectivity index (χ4n) is 2.70. The molecule has 1 saturated heterocycles. The molecule has 27 heavy (non-hydrogen) atoms. The number of aliphatic carboxylic acids is 1. The van der Waals surface area contributed by atoms with Gasteiger partial charge >= 0.3 is 5.97 Å². The van der Waals surface area contributed by atoms with Crippen LogP contribution >= 0.6 is 23.2 Å². The summed E-state index contributed by atoms with van der Waals surface area (Å²) in [5.41, 5.74) is 0.504. The Morgan fingerprint density at radius 2 is 1.85 bits per heavy atom. The van der Waals surface area contributed by atoms with Gasteiger partial charge in [0.2, 0.25) is 11.8 Å². The first-order valence-corrected chi connectivity index (χ1v) is 9.13. The van der Waals surface area contributed by atoms with Gasteiger partial charge in [-0.15, -0.1) is 0 Å². The van der Waals surface area contributed by atoms with Crippen LogP contribution in [0.1, 0.15) is 25.3 Å². The summed E-state index contributed by atoms with van der Waals surface area (Å²) in [6, 6.07) is 2.00. The topological polar surface area (TPSA) is 107 Å². The lowest BCUT2D eigenvalue weighted by atomic mass is 9.95. The second-order valence-electron chi connectivity index (χ2n) is 6.30. The van der Waals surface area contributed by atoms with Crippen LogP contribution in [0.2, 0.25) is 10.0 Å². The molecule has 146 valence electrons. The third-order valence-electron chi connectivity index (χ3n) is 4.40. The van der Waals surface area contributed by atoms with Gasteiger partial charge < -0.3 is 20.4 Å². The maximum absolute atomic E-state index is 12.3. The van der Waals surface area contributed by atoms with E-state index in [-0.39, 0.29) is 33.5 Å². The molecule has 7 nitrogen and oxygen atoms in total. The Morgan fingerprint density at radius 3 is 2.44 bits per heavy atom. The Morgan fingerprint density at radius 1 is 1.22 bits per heavy atom. The van der Waals surface area contributed by atoms with E-state index < -0.39 is 12.0 Å². The molecule has 9 heteroatoms. The number of carbonyl (C=O) groups is 3. The minimum atomic E-state index is -1.09. The monoisotopic (exact) mass is 414 g/mol. The maximum Gasteiger partial charge on any atom is 0.325 e. The average Bonchev–Trinajstić information content (AvgIpc) is 2.65. The zero-order valence-corrected chi connectivity index (χ0v) is 16.1. The summed E-state index contributed by atoms with van der Waals surface area (Å²) in [5, 5.41) is 21.0. The first-order valence-electron chi connectivity index (χ1n) is 8.37. The molecule has 1 fully saturated rings. The number of aromatic hydroxyl groups is 1. The van der Waals surface area contributed by atoms with E-state index in [9.17, 15) is 19.5 Å². The molecule has 0 radical (unpaired) electrons. The molecule has 2 amide bonds. The lowest BCUT2D eigenvalue weighted by molar-refractivity contribution is -0.142. The largest absolute Gasteiger partial charge is 0.506 e. The SMILES string of the molecule is CC(NC(=O)C1CCN(C(=O)C=Cc2ccc(O)c(Cl)c2Cl)CC1)C(=O)O. The maximum atomic E-state index is 12.3. The number of amides is 2. The highest BCUT2D eigenvalue weighted by atomic mass is 35.5. The van der Waals surface area contributed by atoms with Gasteiger partial charge in [-0.05, 0) is 43.5 Å². The fourth-order valence-corrected chi connectivity index (χ4v) is 3.10. The molecule has 1 atom stereocenters. The molecule has 0 aromatic heterocycles. The van der Waals surface area contributed by atoms with Crippen LogP contribution in [0.15, 0.2) is 18.2 Å². The smallest absolute Gasteiger partial charge is 0.325 e. The molecule has 0 spiro atoms. The van der Waals surface area contributed by atoms with Crippen LogP contribution in [0.4, 0.5) is 0 Å². The van der Waals surface area contributed by atoms with Gasteiger partial charge in [0.25, 0.3) is 0 Å². The molecule has 2 rings (SSSR count). The molecule has 1 aliphatic rings. The number of carboxylic acid groups (broad SMARTS) is 1. The summed E-state index contributed by atoms with van der Waals surface area (Å²) in [7, 11) is 0. The van der Waals surface area contributed by atoms with E-state index in [1.54, 1.807) is 11.0 Å². The zero-order valence-electron chi connectivity index (χ0n) is 14.6. The Labute approximate surface area is 166 Å². The summed E-state index contributed by atoms with van der Waals surface area (Å²) in [4.78, 5) is 36.8. The van der Waals surface area contributed by atoms with Crippen molar-refractivity contribution in [3.8, 4) is 5.75 Å². The van der Waals surface area contributed by atoms with Gasteiger partial charge in [-0.25, -0.2) is 0 Å². The van der Waals surface area contributed by atoms with Crippen LogP contribution in [0.25, 0.3) is 6.08 Å². The van der Waals surface area contributed by atoms with Crippen molar-refractivity contribution in [2.24, 2.45) is 5.92 Å². The number of phenolic OH excluding ortho intramolecular Hbond substituents is 1. The quantitative estimate of drug-likeness (QED) is 0.641. The summed E-state index contributed by atoms with van der Waals surface area (Å²) in [5.74, 6) is -2.08. The highest BCUT2D eigenvalue weighted by molar-refractivity contribution is 6.43. The van der Waals surface area contributed by atoms with Crippen molar-refractivity contribution in [3.05, 3.63) is 33.8 Å². The Bertz CT molecular complexity index is 773. The van der Waals surface area contributed by atoms with E-state index in [4.69, 9.17) is 28.3 Å². The summed E-state index contributed by atoms with van der Waals surface area (Å²) >= 11 is 11.9. The van der Waals surface area contributed by atoms with Crippen LogP contribution in [0.3, 0.4) is 0 Å². The minimum absolute atomic E-state index is 0.0219. The Balaban J connectivity index is 1.90. The number of halogens is 2. The van der Waals surface area contributed by atoms with E-state index in [0.29, 0.717) is 31.5 Å². The molecule has 1 aliphatic heterocycles. The van der Waals surface area contributed by atoms with Crippen molar-refractivity contribution in [2.75, 3.05) is 13.1 Å². The van der Waals surface area contributed by atoms with Gasteiger partial charge in [-0.2, -0.15) is 0 Å². The van der Waals surface area contributed by atoms with Gasteiger partial charge in [-0.1, -0.05) is 23.2 Å². The molecule has 0 aliphatic carbocycles. The van der Waals surface area contributed by atoms with Crippen LogP contribution in [0.5, 0.6) is 5.75 Å². The van der Waals surface area contributed by atoms with Crippen LogP contribution in [-0.2, 0) is 14.4 Å². The number of benzene rings is 1. The number of rotatable bonds is 5. The van der Waals surface area contributed by atoms with Gasteiger partial charge in [0, 0.05) is 25.1 Å². The van der Waals surface area contributed by atoms with Crippen molar-refractivity contribution in [1.82, 2.24) is 10.2 Å². The number of carboxylic acids is 1. The minimum Gasteiger partial charge on any atom is -0.506 e. The van der Waals surface area contributed by atoms with E-state index in [1.165, 1.54) is 25.1 Å². The number of hydrogen-bond donors (Lipinski definition) is 3. The van der Waals surface area contributed by atoms with E-state index in [1.807, 2.05) is 0 Å². The normalized spacial score (nSPS) is 16.3. The van der Waals surface area contributed by atoms with Crippen molar-refractivity contribution in [3.63, 3.8) is 0 Å². The molecule has 0 bridgehead atoms. The van der Waals surface area contributed by atoms with Gasteiger partial charge in [0.05, 0.1) is 5.02 Å². The summed E-state index contributed by atoms with van der Waals surface area (Å²) < 4.78 is 0. The predicted molar refractivity (Wildman–Crippen MR) is 102 cm³/mol. The average molecular weight is 415 g/mol. The van der Waals surface area contributed by atoms with Crippen molar-refractivity contribution in [1.29, 1.82) is 0 Å². The molecular formula is C18H20Cl2N2O5. The lowest BCUT2D eigenvalue weighted by Crippen LogP contribution is -2.46. The molecule has 1 aromatic carbocycles. The Kier molecular flexibility index (Phi) is 7.10. The number of hydrogen-bond acceptors (Lipinski definition) is 4. The van der Waals surface area contributed by atoms with Gasteiger partial charge in [-0.3, -0.25) is 14.4 Å². The molecule has 1 heterocycles. The van der Waals surface area contributed by atoms with Crippen molar-refractivity contribution < 1.29 is 24.6 Å². The number of carbonyl (C=O) groups excluding carboxylic acids is 2. The highest BCUT2D eigenvalue weighted by Gasteiger charge is 2.28. The number of phenols is 1. The number of piperidine rings is 1. The molecule has 0 saturated carbocycles. The fraction of sp³-hybridized carbons (Fsp3) is 0.389. The van der Waals surface area contributed by atoms with Crippen molar-refractivity contribution in [2.45, 2.75) is 25.8 Å². The van der Waals surface area contributed by atoms with Crippen LogP contribution < -0.4 is 5.32 Å². The predicted octanol–water partition coefficient (Wildman–Crippen LogP) is 2.54. The highest BCUT2D eigenvalue weighted by Crippen LogP contribution is 2.34. The zero-order chi connectivity index (χ0) is 20.1. The standard InChI is InChI=1S/C18H20Cl2N2O5/c1-10(18(26)27)21-17(25)12-6-8-22(9-7-12)14(24)5-3-11-2-4-13(23)16(20)15(11)19/h2-5,10,12,23H,6-9H2,1H3,(H,21,25)(H,26,27). The molecule has 3 N–H and O–H groups in total. The van der Waals surface area contributed by atoms with Gasteiger partial charge in [0.15, 0.2) is 0 Å². The number of nitrogens with one attached hydrogen (secondary N) is 1. The Hall–Kier alpha value is -2.25. The van der Waals surface area contributed by atoms with E-state index in [0.717, 1.165) is 0 Å². The molecular weight excluding hydrogens is 395 g/mol. The summed E-state index contributed by atoms with van der Waals surface area (Å²) in [6.45, 7) is 2.20. The number of likely N-dealkylation sites (tertiary alicyclic amines) is 1. The first kappa shape index (κ1) is 21.1.